The summed E-state index contributed by atoms with van der Waals surface area (Å²) < 4.78 is 43.6. The summed E-state index contributed by atoms with van der Waals surface area (Å²) in [7, 11) is 2.07. The second-order valence-electron chi connectivity index (χ2n) is 13.9. The molecule has 264 valence electrons. The summed E-state index contributed by atoms with van der Waals surface area (Å²) in [6.07, 6.45) is 17.2. The fourth-order valence-electron chi connectivity index (χ4n) is 8.26. The number of rotatable bonds is 17. The summed E-state index contributed by atoms with van der Waals surface area (Å²) >= 11 is 0. The van der Waals surface area contributed by atoms with E-state index in [1.54, 1.807) is 6.07 Å². The first-order valence-electron chi connectivity index (χ1n) is 17.9. The van der Waals surface area contributed by atoms with Crippen molar-refractivity contribution >= 4 is 12.3 Å². The largest absolute Gasteiger partial charge is 0.504 e. The molecule has 1 spiro atoms. The molecule has 0 radical (unpaired) electrons. The molecule has 10 heteroatoms. The highest BCUT2D eigenvalue weighted by molar-refractivity contribution is 5.71. The van der Waals surface area contributed by atoms with Crippen LogP contribution in [-0.4, -0.2) is 64.9 Å². The molecule has 1 fully saturated rings. The number of likely N-dealkylation sites (tertiary alicyclic amines) is 1. The quantitative estimate of drug-likeness (QED) is 0.0984. The molecule has 2 aliphatic carbocycles. The van der Waals surface area contributed by atoms with Crippen molar-refractivity contribution in [3.8, 4) is 11.5 Å². The van der Waals surface area contributed by atoms with E-state index in [9.17, 15) is 28.2 Å². The molecule has 0 saturated carbocycles. The average molecular weight is 666 g/mol. The normalized spacial score (nSPS) is 25.6. The first kappa shape index (κ1) is 37.2. The van der Waals surface area contributed by atoms with E-state index >= 15 is 0 Å². The lowest BCUT2D eigenvalue weighted by atomic mass is 9.50. The van der Waals surface area contributed by atoms with E-state index in [0.717, 1.165) is 36.9 Å². The highest BCUT2D eigenvalue weighted by Crippen LogP contribution is 2.65. The second-order valence-corrected chi connectivity index (χ2v) is 13.9. The Labute approximate surface area is 277 Å². The van der Waals surface area contributed by atoms with Crippen molar-refractivity contribution in [2.75, 3.05) is 13.6 Å². The minimum absolute atomic E-state index is 0.0424. The number of hydrogen-bond donors (Lipinski definition) is 2. The first-order chi connectivity index (χ1) is 22.5. The molecule has 0 aromatic heterocycles. The number of benzene rings is 1. The Bertz CT molecular complexity index is 1240. The molecule has 4 atom stereocenters. The molecule has 2 N–H and O–H groups in total. The zero-order chi connectivity index (χ0) is 34.1. The maximum Gasteiger partial charge on any atom is 0.446 e. The Morgan fingerprint density at radius 2 is 1.55 bits per heavy atom. The van der Waals surface area contributed by atoms with Crippen LogP contribution in [0.5, 0.6) is 11.5 Å². The van der Waals surface area contributed by atoms with Gasteiger partial charge in [0.25, 0.3) is 0 Å². The topological polar surface area (TPSA) is 96.3 Å². The van der Waals surface area contributed by atoms with Gasteiger partial charge in [0, 0.05) is 24.4 Å². The SMILES string of the molecule is CCCCCCCCCCCCCCCCCC(=O)OC1=CC[C@@]2(O)[C@H]3Cc4ccc(O)c5c4[C@@]2(CCN3C)[C@H]1O5.O=CC(F)(F)F. The number of nitrogens with zero attached hydrogens (tertiary/aromatic N) is 1. The molecule has 2 bridgehead atoms. The molecular formula is C37H54F3NO6. The van der Waals surface area contributed by atoms with Crippen LogP contribution in [0.4, 0.5) is 13.2 Å². The number of aliphatic hydroxyl groups is 1. The lowest BCUT2D eigenvalue weighted by Gasteiger charge is -2.61. The first-order valence-corrected chi connectivity index (χ1v) is 17.9. The number of esters is 1. The van der Waals surface area contributed by atoms with Gasteiger partial charge in [-0.3, -0.25) is 9.59 Å². The summed E-state index contributed by atoms with van der Waals surface area (Å²) in [4.78, 5) is 23.8. The van der Waals surface area contributed by atoms with Crippen LogP contribution in [0, 0.1) is 0 Å². The fourth-order valence-corrected chi connectivity index (χ4v) is 8.26. The van der Waals surface area contributed by atoms with E-state index < -0.39 is 29.6 Å². The Hall–Kier alpha value is -2.59. The summed E-state index contributed by atoms with van der Waals surface area (Å²) in [6, 6.07) is 3.61. The molecule has 4 aliphatic rings. The number of carbonyl (C=O) groups is 2. The number of carbonyl (C=O) groups excluding carboxylic acids is 2. The number of halogens is 3. The summed E-state index contributed by atoms with van der Waals surface area (Å²) in [5.41, 5.74) is 0.316. The Morgan fingerprint density at radius 1 is 1.00 bits per heavy atom. The van der Waals surface area contributed by atoms with Crippen LogP contribution in [0.1, 0.15) is 134 Å². The van der Waals surface area contributed by atoms with Crippen molar-refractivity contribution < 1.29 is 42.4 Å². The molecule has 1 saturated heterocycles. The zero-order valence-corrected chi connectivity index (χ0v) is 28.2. The molecule has 0 unspecified atom stereocenters. The smallest absolute Gasteiger partial charge is 0.446 e. The maximum absolute atomic E-state index is 12.9. The van der Waals surface area contributed by atoms with E-state index in [-0.39, 0.29) is 17.8 Å². The number of aldehydes is 1. The Kier molecular flexibility index (Phi) is 13.2. The summed E-state index contributed by atoms with van der Waals surface area (Å²) in [5.74, 6) is 0.834. The van der Waals surface area contributed by atoms with Crippen LogP contribution >= 0.6 is 0 Å². The summed E-state index contributed by atoms with van der Waals surface area (Å²) in [5, 5.41) is 22.9. The molecule has 5 rings (SSSR count). The van der Waals surface area contributed by atoms with Crippen molar-refractivity contribution in [1.29, 1.82) is 0 Å². The van der Waals surface area contributed by atoms with E-state index in [2.05, 4.69) is 18.9 Å². The lowest BCUT2D eigenvalue weighted by Crippen LogP contribution is -2.74. The van der Waals surface area contributed by atoms with Gasteiger partial charge in [-0.25, -0.2) is 0 Å². The van der Waals surface area contributed by atoms with Crippen molar-refractivity contribution in [2.24, 2.45) is 0 Å². The fraction of sp³-hybridized carbons (Fsp3) is 0.730. The molecule has 1 aromatic carbocycles. The number of phenols is 1. The minimum Gasteiger partial charge on any atom is -0.504 e. The molecule has 1 aromatic rings. The predicted octanol–water partition coefficient (Wildman–Crippen LogP) is 8.22. The number of unbranched alkanes of at least 4 members (excludes halogenated alkanes) is 14. The third kappa shape index (κ3) is 8.53. The van der Waals surface area contributed by atoms with Gasteiger partial charge in [0.2, 0.25) is 6.29 Å². The van der Waals surface area contributed by atoms with Gasteiger partial charge in [0.15, 0.2) is 17.6 Å². The van der Waals surface area contributed by atoms with Gasteiger partial charge in [0.1, 0.15) is 5.76 Å². The van der Waals surface area contributed by atoms with Crippen molar-refractivity contribution in [1.82, 2.24) is 4.90 Å². The summed E-state index contributed by atoms with van der Waals surface area (Å²) in [6.45, 7) is 3.09. The highest BCUT2D eigenvalue weighted by atomic mass is 19.4. The maximum atomic E-state index is 12.9. The molecule has 2 heterocycles. The van der Waals surface area contributed by atoms with Crippen LogP contribution < -0.4 is 4.74 Å². The molecule has 7 nitrogen and oxygen atoms in total. The van der Waals surface area contributed by atoms with Crippen LogP contribution in [0.25, 0.3) is 0 Å². The third-order valence-corrected chi connectivity index (χ3v) is 10.7. The predicted molar refractivity (Wildman–Crippen MR) is 174 cm³/mol. The van der Waals surface area contributed by atoms with Gasteiger partial charge in [-0.2, -0.15) is 13.2 Å². The van der Waals surface area contributed by atoms with Crippen molar-refractivity contribution in [3.63, 3.8) is 0 Å². The van der Waals surface area contributed by atoms with Crippen molar-refractivity contribution in [3.05, 3.63) is 35.1 Å². The molecule has 0 amide bonds. The Balaban J connectivity index is 0.000000762. The van der Waals surface area contributed by atoms with Crippen molar-refractivity contribution in [2.45, 2.75) is 158 Å². The monoisotopic (exact) mass is 665 g/mol. The number of piperidine rings is 1. The number of phenolic OH excluding ortho intramolecular Hbond substituents is 1. The number of ether oxygens (including phenoxy) is 2. The third-order valence-electron chi connectivity index (χ3n) is 10.7. The van der Waals surface area contributed by atoms with Crippen LogP contribution in [0.15, 0.2) is 24.0 Å². The van der Waals surface area contributed by atoms with Gasteiger partial charge in [-0.05, 0) is 50.6 Å². The number of hydrogen-bond acceptors (Lipinski definition) is 7. The lowest BCUT2D eigenvalue weighted by molar-refractivity contribution is -0.169. The van der Waals surface area contributed by atoms with Crippen LogP contribution in [0.3, 0.4) is 0 Å². The second kappa shape index (κ2) is 16.7. The van der Waals surface area contributed by atoms with E-state index in [1.807, 2.05) is 12.1 Å². The van der Waals surface area contributed by atoms with E-state index in [4.69, 9.17) is 14.3 Å². The van der Waals surface area contributed by atoms with Crippen LogP contribution in [0.2, 0.25) is 0 Å². The minimum atomic E-state index is -4.64. The number of aromatic hydroxyl groups is 1. The molecular weight excluding hydrogens is 611 g/mol. The standard InChI is InChI=1S/C35H53NO5.C2HF3O/c1-3-4-5-6-7-8-9-10-11-12-13-14-15-16-17-18-30(38)40-28-21-22-35(39)29-25-26-19-20-27(37)32-31(26)34(35,33(28)41-32)23-24-36(29)2;3-2(4,5)1-6/h19-21,29,33,37,39H,3-18,22-25H2,1-2H3;1H/t29-,33+,34+,35-;/m1./s1. The average Bonchev–Trinajstić information content (AvgIpc) is 3.40. The van der Waals surface area contributed by atoms with Gasteiger partial charge in [-0.15, -0.1) is 0 Å². The highest BCUT2D eigenvalue weighted by Gasteiger charge is 2.72. The van der Waals surface area contributed by atoms with Gasteiger partial charge < -0.3 is 24.6 Å². The van der Waals surface area contributed by atoms with Gasteiger partial charge >= 0.3 is 12.1 Å². The Morgan fingerprint density at radius 3 is 2.11 bits per heavy atom. The van der Waals surface area contributed by atoms with Gasteiger partial charge in [0.05, 0.1) is 11.0 Å². The van der Waals surface area contributed by atoms with Crippen LogP contribution in [-0.2, 0) is 26.2 Å². The van der Waals surface area contributed by atoms with E-state index in [1.165, 1.54) is 83.5 Å². The van der Waals surface area contributed by atoms with Gasteiger partial charge in [-0.1, -0.05) is 103 Å². The number of likely N-dealkylation sites (N-methyl/N-ethyl adjacent to an activating group) is 1. The van der Waals surface area contributed by atoms with E-state index in [0.29, 0.717) is 30.8 Å². The zero-order valence-electron chi connectivity index (χ0n) is 28.2. The number of alkyl halides is 3. The molecule has 47 heavy (non-hydrogen) atoms. The molecule has 2 aliphatic heterocycles.